The van der Waals surface area contributed by atoms with Crippen molar-refractivity contribution in [1.29, 1.82) is 0 Å². The lowest BCUT2D eigenvalue weighted by Crippen LogP contribution is -2.36. The highest BCUT2D eigenvalue weighted by molar-refractivity contribution is 7.12. The lowest BCUT2D eigenvalue weighted by Gasteiger charge is -2.01. The average Bonchev–Trinajstić information content (AvgIpc) is 2.05. The zero-order chi connectivity index (χ0) is 8.27. The van der Waals surface area contributed by atoms with Crippen molar-refractivity contribution >= 4 is 19.6 Å². The van der Waals surface area contributed by atoms with E-state index in [1.165, 1.54) is 0 Å². The van der Waals surface area contributed by atoms with Gasteiger partial charge in [-0.15, -0.1) is 0 Å². The van der Waals surface area contributed by atoms with Gasteiger partial charge in [0.05, 0.1) is 0 Å². The van der Waals surface area contributed by atoms with Crippen molar-refractivity contribution in [3.8, 4) is 0 Å². The van der Waals surface area contributed by atoms with E-state index in [1.807, 2.05) is 19.1 Å². The SMILES string of the molecule is Cc1ccc(B(O)[B]O)cc1. The lowest BCUT2D eigenvalue weighted by atomic mass is 9.39. The molecule has 2 N–H and O–H groups in total. The second-order valence-electron chi connectivity index (χ2n) is 2.50. The Morgan fingerprint density at radius 1 is 1.27 bits per heavy atom. The minimum atomic E-state index is -0.865. The van der Waals surface area contributed by atoms with Crippen molar-refractivity contribution in [3.63, 3.8) is 0 Å². The number of hydrogen-bond acceptors (Lipinski definition) is 2. The second-order valence-corrected chi connectivity index (χ2v) is 2.50. The van der Waals surface area contributed by atoms with Crippen LogP contribution in [0.3, 0.4) is 0 Å². The third-order valence-corrected chi connectivity index (χ3v) is 1.56. The van der Waals surface area contributed by atoms with Crippen molar-refractivity contribution in [2.75, 3.05) is 0 Å². The molecule has 0 aromatic heterocycles. The van der Waals surface area contributed by atoms with Crippen LogP contribution in [0, 0.1) is 6.92 Å². The molecule has 0 aliphatic heterocycles. The Morgan fingerprint density at radius 2 is 1.82 bits per heavy atom. The Bertz CT molecular complexity index is 222. The van der Waals surface area contributed by atoms with Crippen molar-refractivity contribution in [2.45, 2.75) is 6.92 Å². The third kappa shape index (κ3) is 2.10. The van der Waals surface area contributed by atoms with E-state index < -0.39 is 6.81 Å². The molecule has 2 nitrogen and oxygen atoms in total. The molecule has 0 bridgehead atoms. The molecule has 0 saturated heterocycles. The molecule has 0 atom stereocenters. The van der Waals surface area contributed by atoms with Crippen LogP contribution >= 0.6 is 0 Å². The largest absolute Gasteiger partial charge is 0.460 e. The quantitative estimate of drug-likeness (QED) is 0.542. The van der Waals surface area contributed by atoms with Crippen LogP contribution in [0.25, 0.3) is 0 Å². The smallest absolute Gasteiger partial charge is 0.313 e. The van der Waals surface area contributed by atoms with E-state index >= 15 is 0 Å². The van der Waals surface area contributed by atoms with Crippen LogP contribution < -0.4 is 5.46 Å². The topological polar surface area (TPSA) is 40.5 Å². The Labute approximate surface area is 67.2 Å². The van der Waals surface area contributed by atoms with Crippen LogP contribution in [0.4, 0.5) is 0 Å². The summed E-state index contributed by atoms with van der Waals surface area (Å²) in [6.45, 7) is 1.11. The Kier molecular flexibility index (Phi) is 2.74. The number of aryl methyl sites for hydroxylation is 1. The van der Waals surface area contributed by atoms with Gasteiger partial charge >= 0.3 is 6.81 Å². The van der Waals surface area contributed by atoms with E-state index in [-0.39, 0.29) is 0 Å². The summed E-state index contributed by atoms with van der Waals surface area (Å²) in [7, 11) is 0.769. The zero-order valence-electron chi connectivity index (χ0n) is 6.36. The van der Waals surface area contributed by atoms with Gasteiger partial charge in [0.2, 0.25) is 0 Å². The van der Waals surface area contributed by atoms with Crippen LogP contribution in [-0.2, 0) is 0 Å². The van der Waals surface area contributed by atoms with E-state index in [0.29, 0.717) is 5.46 Å². The zero-order valence-corrected chi connectivity index (χ0v) is 6.36. The molecule has 11 heavy (non-hydrogen) atoms. The average molecular weight is 147 g/mol. The van der Waals surface area contributed by atoms with Gasteiger partial charge < -0.3 is 10.0 Å². The Balaban J connectivity index is 2.81. The van der Waals surface area contributed by atoms with E-state index in [9.17, 15) is 0 Å². The van der Waals surface area contributed by atoms with Crippen LogP contribution in [0.1, 0.15) is 5.56 Å². The molecule has 0 fully saturated rings. The summed E-state index contributed by atoms with van der Waals surface area (Å²) >= 11 is 0. The molecule has 0 aliphatic rings. The normalized spacial score (nSPS) is 9.36. The molecule has 1 aromatic carbocycles. The maximum Gasteiger partial charge on any atom is 0.313 e. The summed E-state index contributed by atoms with van der Waals surface area (Å²) in [5.41, 5.74) is 1.84. The van der Waals surface area contributed by atoms with Gasteiger partial charge in [0, 0.05) is 0 Å². The molecular formula is C7H9B2O2. The van der Waals surface area contributed by atoms with Crippen molar-refractivity contribution in [3.05, 3.63) is 29.8 Å². The number of rotatable bonds is 2. The van der Waals surface area contributed by atoms with E-state index in [4.69, 9.17) is 10.0 Å². The third-order valence-electron chi connectivity index (χ3n) is 1.56. The molecule has 0 amide bonds. The maximum atomic E-state index is 9.11. The minimum absolute atomic E-state index is 0.707. The lowest BCUT2D eigenvalue weighted by molar-refractivity contribution is 0.573. The first-order chi connectivity index (χ1) is 5.24. The van der Waals surface area contributed by atoms with Crippen LogP contribution in [0.15, 0.2) is 24.3 Å². The van der Waals surface area contributed by atoms with E-state index in [1.54, 1.807) is 12.1 Å². The highest BCUT2D eigenvalue weighted by Crippen LogP contribution is 1.92. The van der Waals surface area contributed by atoms with Gasteiger partial charge in [0.15, 0.2) is 0 Å². The monoisotopic (exact) mass is 147 g/mol. The van der Waals surface area contributed by atoms with Crippen molar-refractivity contribution < 1.29 is 10.0 Å². The molecule has 0 heterocycles. The summed E-state index contributed by atoms with van der Waals surface area (Å²) in [4.78, 5) is 0. The molecular weight excluding hydrogens is 138 g/mol. The van der Waals surface area contributed by atoms with Gasteiger partial charge in [-0.2, -0.15) is 0 Å². The maximum absolute atomic E-state index is 9.11. The highest BCUT2D eigenvalue weighted by Gasteiger charge is 2.12. The molecule has 55 valence electrons. The minimum Gasteiger partial charge on any atom is -0.460 e. The summed E-state index contributed by atoms with van der Waals surface area (Å²) in [6.07, 6.45) is 0. The predicted octanol–water partition coefficient (Wildman–Crippen LogP) is -0.706. The first kappa shape index (κ1) is 8.37. The first-order valence-electron chi connectivity index (χ1n) is 3.46. The molecule has 0 unspecified atom stereocenters. The standard InChI is InChI=1S/C7H9B2O2/c1-6-2-4-7(5-3-6)9(11)8-10/h2-5,10-11H,1H3. The Hall–Kier alpha value is -0.730. The first-order valence-corrected chi connectivity index (χ1v) is 3.46. The van der Waals surface area contributed by atoms with E-state index in [0.717, 1.165) is 12.9 Å². The number of hydrogen-bond donors (Lipinski definition) is 2. The molecule has 1 rings (SSSR count). The van der Waals surface area contributed by atoms with Gasteiger partial charge in [-0.25, -0.2) is 0 Å². The van der Waals surface area contributed by atoms with Crippen molar-refractivity contribution in [1.82, 2.24) is 0 Å². The Morgan fingerprint density at radius 3 is 2.27 bits per heavy atom. The van der Waals surface area contributed by atoms with Gasteiger partial charge in [0.25, 0.3) is 7.37 Å². The summed E-state index contributed by atoms with van der Waals surface area (Å²) in [6, 6.07) is 7.35. The fourth-order valence-corrected chi connectivity index (χ4v) is 0.850. The number of benzene rings is 1. The summed E-state index contributed by atoms with van der Waals surface area (Å²) in [5.74, 6) is 0. The van der Waals surface area contributed by atoms with Gasteiger partial charge in [-0.05, 0) is 6.92 Å². The van der Waals surface area contributed by atoms with Gasteiger partial charge in [0.1, 0.15) is 0 Å². The summed E-state index contributed by atoms with van der Waals surface area (Å²) < 4.78 is 0. The van der Waals surface area contributed by atoms with Crippen LogP contribution in [-0.4, -0.2) is 24.2 Å². The molecule has 0 spiro atoms. The van der Waals surface area contributed by atoms with Crippen LogP contribution in [0.5, 0.6) is 0 Å². The van der Waals surface area contributed by atoms with Crippen LogP contribution in [0.2, 0.25) is 0 Å². The van der Waals surface area contributed by atoms with Crippen molar-refractivity contribution in [2.24, 2.45) is 0 Å². The van der Waals surface area contributed by atoms with Gasteiger partial charge in [-0.3, -0.25) is 0 Å². The molecule has 1 radical (unpaired) electrons. The molecule has 0 aliphatic carbocycles. The molecule has 4 heteroatoms. The highest BCUT2D eigenvalue weighted by atomic mass is 16.2. The predicted molar refractivity (Wildman–Crippen MR) is 46.8 cm³/mol. The molecule has 0 saturated carbocycles. The van der Waals surface area contributed by atoms with E-state index in [2.05, 4.69) is 0 Å². The molecule has 1 aromatic rings. The van der Waals surface area contributed by atoms with Gasteiger partial charge in [-0.1, -0.05) is 35.3 Å². The summed E-state index contributed by atoms with van der Waals surface area (Å²) in [5, 5.41) is 17.6. The fourth-order valence-electron chi connectivity index (χ4n) is 0.850. The fraction of sp³-hybridized carbons (Fsp3) is 0.143. The second kappa shape index (κ2) is 3.60.